The lowest BCUT2D eigenvalue weighted by molar-refractivity contribution is -0.114. The summed E-state index contributed by atoms with van der Waals surface area (Å²) in [4.78, 5) is 19.3. The molecule has 2 aliphatic heterocycles. The van der Waals surface area contributed by atoms with Gasteiger partial charge in [-0.2, -0.15) is 0 Å². The van der Waals surface area contributed by atoms with Crippen LogP contribution in [-0.4, -0.2) is 63.1 Å². The van der Waals surface area contributed by atoms with Gasteiger partial charge in [0.25, 0.3) is 0 Å². The molecular formula is C21H23N3O5S2. The van der Waals surface area contributed by atoms with E-state index in [1.165, 1.54) is 11.8 Å². The molecule has 4 rings (SSSR count). The summed E-state index contributed by atoms with van der Waals surface area (Å²) < 4.78 is 34.3. The van der Waals surface area contributed by atoms with Crippen molar-refractivity contribution < 1.29 is 22.7 Å². The standard InChI is InChI=1S/C21H23N3O5S2/c1-28-16-8-6-15(7-9-16)24(21-23-18-12-31(26,27)13-19(18)30-21)11-20(25)22-14-4-3-5-17(10-14)29-2/h3-10,18-19H,11-13H2,1-2H3,(H,22,25)/t18-,19+/m1/s1. The lowest BCUT2D eigenvalue weighted by Gasteiger charge is -2.24. The Hall–Kier alpha value is -2.72. The van der Waals surface area contributed by atoms with Crippen molar-refractivity contribution in [3.8, 4) is 11.5 Å². The second-order valence-electron chi connectivity index (χ2n) is 7.28. The zero-order chi connectivity index (χ0) is 22.0. The number of fused-ring (bicyclic) bond motifs is 1. The highest BCUT2D eigenvalue weighted by molar-refractivity contribution is 8.15. The third-order valence-corrected chi connectivity index (χ3v) is 8.32. The van der Waals surface area contributed by atoms with Gasteiger partial charge in [-0.15, -0.1) is 0 Å². The molecule has 2 heterocycles. The number of ether oxygens (including phenoxy) is 2. The molecule has 31 heavy (non-hydrogen) atoms. The molecule has 2 atom stereocenters. The van der Waals surface area contributed by atoms with Crippen LogP contribution in [0, 0.1) is 0 Å². The maximum absolute atomic E-state index is 12.8. The van der Waals surface area contributed by atoms with Crippen LogP contribution in [0.15, 0.2) is 53.5 Å². The molecule has 2 aromatic rings. The maximum atomic E-state index is 12.8. The van der Waals surface area contributed by atoms with Crippen LogP contribution in [0.2, 0.25) is 0 Å². The van der Waals surface area contributed by atoms with Crippen molar-refractivity contribution >= 4 is 44.0 Å². The van der Waals surface area contributed by atoms with E-state index in [1.807, 2.05) is 29.2 Å². The van der Waals surface area contributed by atoms with E-state index in [0.717, 1.165) is 5.69 Å². The van der Waals surface area contributed by atoms with Crippen molar-refractivity contribution in [2.24, 2.45) is 4.99 Å². The molecule has 1 N–H and O–H groups in total. The lowest BCUT2D eigenvalue weighted by Crippen LogP contribution is -2.36. The summed E-state index contributed by atoms with van der Waals surface area (Å²) in [5.74, 6) is 1.29. The van der Waals surface area contributed by atoms with Crippen molar-refractivity contribution in [1.82, 2.24) is 0 Å². The third-order valence-electron chi connectivity index (χ3n) is 5.08. The smallest absolute Gasteiger partial charge is 0.244 e. The van der Waals surface area contributed by atoms with Crippen LogP contribution >= 0.6 is 11.8 Å². The predicted octanol–water partition coefficient (Wildman–Crippen LogP) is 2.42. The van der Waals surface area contributed by atoms with Gasteiger partial charge in [0.2, 0.25) is 5.91 Å². The summed E-state index contributed by atoms with van der Waals surface area (Å²) in [6.45, 7) is 0.0293. The summed E-state index contributed by atoms with van der Waals surface area (Å²) in [6.07, 6.45) is 0. The molecule has 164 valence electrons. The number of carbonyl (C=O) groups is 1. The molecule has 0 saturated carbocycles. The molecule has 1 amide bonds. The van der Waals surface area contributed by atoms with Gasteiger partial charge in [0.15, 0.2) is 15.0 Å². The Kier molecular flexibility index (Phi) is 6.10. The number of nitrogens with zero attached hydrogens (tertiary/aromatic N) is 2. The molecule has 0 radical (unpaired) electrons. The SMILES string of the molecule is COc1ccc(N(CC(=O)Nc2cccc(OC)c2)C2=N[C@@H]3CS(=O)(=O)C[C@@H]3S2)cc1. The molecule has 0 aliphatic carbocycles. The first kappa shape index (κ1) is 21.5. The number of carbonyl (C=O) groups excluding carboxylic acids is 1. The van der Waals surface area contributed by atoms with Crippen molar-refractivity contribution in [1.29, 1.82) is 0 Å². The number of benzene rings is 2. The normalized spacial score (nSPS) is 21.2. The van der Waals surface area contributed by atoms with Gasteiger partial charge in [0.1, 0.15) is 18.0 Å². The first-order valence-electron chi connectivity index (χ1n) is 9.67. The quantitative estimate of drug-likeness (QED) is 0.706. The van der Waals surface area contributed by atoms with Gasteiger partial charge in [-0.05, 0) is 36.4 Å². The molecular weight excluding hydrogens is 438 g/mol. The van der Waals surface area contributed by atoms with E-state index >= 15 is 0 Å². The van der Waals surface area contributed by atoms with Crippen molar-refractivity contribution in [2.75, 3.05) is 42.5 Å². The van der Waals surface area contributed by atoms with Gasteiger partial charge in [-0.25, -0.2) is 8.42 Å². The Morgan fingerprint density at radius 1 is 1.13 bits per heavy atom. The van der Waals surface area contributed by atoms with E-state index in [9.17, 15) is 13.2 Å². The summed E-state index contributed by atoms with van der Waals surface area (Å²) in [5.41, 5.74) is 1.40. The summed E-state index contributed by atoms with van der Waals surface area (Å²) in [7, 11) is 0.106. The average Bonchev–Trinajstić information content (AvgIpc) is 3.25. The fourth-order valence-corrected chi connectivity index (χ4v) is 7.33. The minimum Gasteiger partial charge on any atom is -0.497 e. The highest BCUT2D eigenvalue weighted by Crippen LogP contribution is 2.37. The number of sulfone groups is 1. The van der Waals surface area contributed by atoms with Crippen LogP contribution in [-0.2, 0) is 14.6 Å². The van der Waals surface area contributed by atoms with Gasteiger partial charge >= 0.3 is 0 Å². The number of hydrogen-bond acceptors (Lipinski definition) is 8. The first-order valence-corrected chi connectivity index (χ1v) is 12.4. The molecule has 10 heteroatoms. The van der Waals surface area contributed by atoms with Gasteiger partial charge in [-0.3, -0.25) is 9.79 Å². The zero-order valence-electron chi connectivity index (χ0n) is 17.1. The van der Waals surface area contributed by atoms with Gasteiger partial charge in [0, 0.05) is 22.7 Å². The van der Waals surface area contributed by atoms with E-state index < -0.39 is 9.84 Å². The van der Waals surface area contributed by atoms with Crippen molar-refractivity contribution in [3.05, 3.63) is 48.5 Å². The molecule has 0 bridgehead atoms. The van der Waals surface area contributed by atoms with Crippen molar-refractivity contribution in [3.63, 3.8) is 0 Å². The number of rotatable bonds is 6. The maximum Gasteiger partial charge on any atom is 0.244 e. The van der Waals surface area contributed by atoms with Gasteiger partial charge in [0.05, 0.1) is 31.8 Å². The van der Waals surface area contributed by atoms with Gasteiger partial charge in [-0.1, -0.05) is 17.8 Å². The Morgan fingerprint density at radius 3 is 2.55 bits per heavy atom. The van der Waals surface area contributed by atoms with Crippen LogP contribution in [0.3, 0.4) is 0 Å². The minimum atomic E-state index is -3.05. The summed E-state index contributed by atoms with van der Waals surface area (Å²) in [6, 6.07) is 14.2. The number of nitrogens with one attached hydrogen (secondary N) is 1. The fourth-order valence-electron chi connectivity index (χ4n) is 3.55. The molecule has 2 aromatic carbocycles. The van der Waals surface area contributed by atoms with Crippen LogP contribution < -0.4 is 19.7 Å². The molecule has 1 fully saturated rings. The molecule has 2 aliphatic rings. The number of aliphatic imine (C=N–C) groups is 1. The number of methoxy groups -OCH3 is 2. The van der Waals surface area contributed by atoms with E-state index in [0.29, 0.717) is 22.4 Å². The second kappa shape index (κ2) is 8.80. The Labute approximate surface area is 185 Å². The van der Waals surface area contributed by atoms with E-state index in [1.54, 1.807) is 38.5 Å². The number of amidine groups is 1. The monoisotopic (exact) mass is 461 g/mol. The summed E-state index contributed by atoms with van der Waals surface area (Å²) in [5, 5.41) is 3.42. The average molecular weight is 462 g/mol. The highest BCUT2D eigenvalue weighted by Gasteiger charge is 2.44. The second-order valence-corrected chi connectivity index (χ2v) is 10.6. The van der Waals surface area contributed by atoms with Crippen LogP contribution in [0.5, 0.6) is 11.5 Å². The highest BCUT2D eigenvalue weighted by atomic mass is 32.2. The molecule has 8 nitrogen and oxygen atoms in total. The van der Waals surface area contributed by atoms with Gasteiger partial charge < -0.3 is 19.7 Å². The Morgan fingerprint density at radius 2 is 1.87 bits per heavy atom. The number of thioether (sulfide) groups is 1. The van der Waals surface area contributed by atoms with Crippen LogP contribution in [0.1, 0.15) is 0 Å². The van der Waals surface area contributed by atoms with Crippen LogP contribution in [0.4, 0.5) is 11.4 Å². The lowest BCUT2D eigenvalue weighted by atomic mass is 10.2. The largest absolute Gasteiger partial charge is 0.497 e. The number of anilines is 2. The zero-order valence-corrected chi connectivity index (χ0v) is 18.8. The van der Waals surface area contributed by atoms with Crippen molar-refractivity contribution in [2.45, 2.75) is 11.3 Å². The van der Waals surface area contributed by atoms with Crippen LogP contribution in [0.25, 0.3) is 0 Å². The van der Waals surface area contributed by atoms with E-state index in [-0.39, 0.29) is 35.2 Å². The molecule has 0 unspecified atom stereocenters. The molecule has 1 saturated heterocycles. The minimum absolute atomic E-state index is 0.0293. The Bertz CT molecular complexity index is 1100. The predicted molar refractivity (Wildman–Crippen MR) is 123 cm³/mol. The topological polar surface area (TPSA) is 97.3 Å². The molecule has 0 spiro atoms. The van der Waals surface area contributed by atoms with E-state index in [4.69, 9.17) is 9.47 Å². The number of amides is 1. The first-order chi connectivity index (χ1) is 14.9. The number of hydrogen-bond donors (Lipinski definition) is 1. The summed E-state index contributed by atoms with van der Waals surface area (Å²) >= 11 is 1.42. The molecule has 0 aromatic heterocycles. The fraction of sp³-hybridized carbons (Fsp3) is 0.333. The van der Waals surface area contributed by atoms with E-state index in [2.05, 4.69) is 10.3 Å². The Balaban J connectivity index is 1.56. The third kappa shape index (κ3) is 4.96.